The van der Waals surface area contributed by atoms with Crippen LogP contribution < -0.4 is 5.73 Å². The molecule has 20 heavy (non-hydrogen) atoms. The van der Waals surface area contributed by atoms with Gasteiger partial charge in [0.05, 0.1) is 5.37 Å². The summed E-state index contributed by atoms with van der Waals surface area (Å²) >= 11 is 8.79. The molecule has 1 atom stereocenters. The van der Waals surface area contributed by atoms with E-state index in [0.717, 1.165) is 10.4 Å². The van der Waals surface area contributed by atoms with Crippen LogP contribution in [0.3, 0.4) is 0 Å². The molecule has 0 aliphatic heterocycles. The Kier molecular flexibility index (Phi) is 5.66. The second kappa shape index (κ2) is 7.27. The smallest absolute Gasteiger partial charge is 0.0869 e. The summed E-state index contributed by atoms with van der Waals surface area (Å²) in [7, 11) is 0. The van der Waals surface area contributed by atoms with Gasteiger partial charge in [-0.15, -0.1) is 23.5 Å². The van der Waals surface area contributed by atoms with Crippen molar-refractivity contribution < 1.29 is 0 Å². The first kappa shape index (κ1) is 15.6. The van der Waals surface area contributed by atoms with Crippen LogP contribution in [0.5, 0.6) is 0 Å². The van der Waals surface area contributed by atoms with Crippen molar-refractivity contribution in [2.75, 3.05) is 12.5 Å². The predicted molar refractivity (Wildman–Crippen MR) is 96.8 cm³/mol. The van der Waals surface area contributed by atoms with Gasteiger partial charge in [-0.1, -0.05) is 48.6 Å². The van der Waals surface area contributed by atoms with Gasteiger partial charge in [0.25, 0.3) is 0 Å². The van der Waals surface area contributed by atoms with E-state index in [1.165, 1.54) is 16.0 Å². The van der Waals surface area contributed by atoms with E-state index < -0.39 is 0 Å². The van der Waals surface area contributed by atoms with E-state index >= 15 is 0 Å². The third-order valence-corrected chi connectivity index (χ3v) is 5.26. The Balaban J connectivity index is 2.47. The molecule has 0 fully saturated rings. The summed E-state index contributed by atoms with van der Waals surface area (Å²) in [5.74, 6) is 0. The average Bonchev–Trinajstić information content (AvgIpc) is 2.53. The largest absolute Gasteiger partial charge is 0.315 e. The van der Waals surface area contributed by atoms with Gasteiger partial charge in [0.1, 0.15) is 0 Å². The number of rotatable bonds is 5. The van der Waals surface area contributed by atoms with Gasteiger partial charge >= 0.3 is 0 Å². The Hall–Kier alpha value is -0.810. The number of thiocarbonyl (C=S) groups is 1. The summed E-state index contributed by atoms with van der Waals surface area (Å²) in [6, 6.07) is 16.7. The normalized spacial score (nSPS) is 12.2. The Morgan fingerprint density at radius 3 is 2.40 bits per heavy atom. The lowest BCUT2D eigenvalue weighted by Gasteiger charge is -2.14. The maximum Gasteiger partial charge on any atom is 0.0869 e. The van der Waals surface area contributed by atoms with Crippen molar-refractivity contribution >= 4 is 40.6 Å². The SMILES string of the molecule is CSc1ccc(C(=S)C(N)SC)cc1-c1ccccc1. The molecule has 2 rings (SSSR count). The van der Waals surface area contributed by atoms with Gasteiger partial charge in [0.2, 0.25) is 0 Å². The minimum absolute atomic E-state index is 0.131. The van der Waals surface area contributed by atoms with Gasteiger partial charge in [-0.2, -0.15) is 0 Å². The van der Waals surface area contributed by atoms with Gasteiger partial charge < -0.3 is 5.73 Å². The van der Waals surface area contributed by atoms with Gasteiger partial charge in [0, 0.05) is 9.76 Å². The number of benzene rings is 2. The van der Waals surface area contributed by atoms with Crippen LogP contribution in [0.4, 0.5) is 0 Å². The number of thioether (sulfide) groups is 2. The quantitative estimate of drug-likeness (QED) is 0.381. The van der Waals surface area contributed by atoms with Crippen molar-refractivity contribution in [1.29, 1.82) is 0 Å². The second-order valence-corrected chi connectivity index (χ2v) is 6.57. The molecule has 0 amide bonds. The maximum absolute atomic E-state index is 6.02. The van der Waals surface area contributed by atoms with Gasteiger partial charge in [-0.05, 0) is 41.3 Å². The highest BCUT2D eigenvalue weighted by molar-refractivity contribution is 8.01. The molecule has 0 saturated heterocycles. The Labute approximate surface area is 134 Å². The lowest BCUT2D eigenvalue weighted by Crippen LogP contribution is -2.25. The average molecular weight is 320 g/mol. The van der Waals surface area contributed by atoms with E-state index in [0.29, 0.717) is 0 Å². The molecule has 1 nitrogen and oxygen atoms in total. The minimum Gasteiger partial charge on any atom is -0.315 e. The fourth-order valence-corrected chi connectivity index (χ4v) is 3.34. The molecule has 0 aliphatic carbocycles. The third kappa shape index (κ3) is 3.44. The minimum atomic E-state index is -0.131. The molecular weight excluding hydrogens is 302 g/mol. The van der Waals surface area contributed by atoms with Crippen molar-refractivity contribution in [2.45, 2.75) is 10.3 Å². The lowest BCUT2D eigenvalue weighted by atomic mass is 10.0. The number of hydrogen-bond acceptors (Lipinski definition) is 4. The summed E-state index contributed by atoms with van der Waals surface area (Å²) in [6.45, 7) is 0. The summed E-state index contributed by atoms with van der Waals surface area (Å²) in [5, 5.41) is -0.131. The first-order valence-electron chi connectivity index (χ1n) is 6.23. The van der Waals surface area contributed by atoms with Gasteiger partial charge in [-0.3, -0.25) is 0 Å². The zero-order chi connectivity index (χ0) is 14.5. The zero-order valence-corrected chi connectivity index (χ0v) is 13.9. The molecule has 2 aromatic carbocycles. The van der Waals surface area contributed by atoms with Crippen LogP contribution in [0.25, 0.3) is 11.1 Å². The molecule has 1 unspecified atom stereocenters. The van der Waals surface area contributed by atoms with E-state index in [-0.39, 0.29) is 5.37 Å². The van der Waals surface area contributed by atoms with Crippen LogP contribution in [0.15, 0.2) is 53.4 Å². The van der Waals surface area contributed by atoms with E-state index in [1.54, 1.807) is 23.5 Å². The van der Waals surface area contributed by atoms with Crippen LogP contribution in [0.1, 0.15) is 5.56 Å². The maximum atomic E-state index is 6.02. The van der Waals surface area contributed by atoms with E-state index in [9.17, 15) is 0 Å². The van der Waals surface area contributed by atoms with Crippen molar-refractivity contribution in [2.24, 2.45) is 5.73 Å². The van der Waals surface area contributed by atoms with Crippen LogP contribution in [0.2, 0.25) is 0 Å². The topological polar surface area (TPSA) is 26.0 Å². The summed E-state index contributed by atoms with van der Waals surface area (Å²) in [4.78, 5) is 2.06. The summed E-state index contributed by atoms with van der Waals surface area (Å²) in [5.41, 5.74) is 9.49. The molecule has 104 valence electrons. The standard InChI is InChI=1S/C16H17NS3/c1-19-14-9-8-12(15(18)16(17)20-2)10-13(14)11-6-4-3-5-7-11/h3-10,16H,17H2,1-2H3. The molecule has 0 spiro atoms. The molecular formula is C16H17NS3. The fraction of sp³-hybridized carbons (Fsp3) is 0.188. The first-order valence-corrected chi connectivity index (χ1v) is 9.15. The van der Waals surface area contributed by atoms with Gasteiger partial charge in [0.15, 0.2) is 0 Å². The predicted octanol–water partition coefficient (Wildman–Crippen LogP) is 4.44. The van der Waals surface area contributed by atoms with Crippen LogP contribution in [0, 0.1) is 0 Å². The zero-order valence-electron chi connectivity index (χ0n) is 11.5. The highest BCUT2D eigenvalue weighted by Gasteiger charge is 2.13. The molecule has 0 aromatic heterocycles. The molecule has 2 N–H and O–H groups in total. The first-order chi connectivity index (χ1) is 9.67. The third-order valence-electron chi connectivity index (χ3n) is 3.08. The van der Waals surface area contributed by atoms with Crippen molar-refractivity contribution in [3.63, 3.8) is 0 Å². The van der Waals surface area contributed by atoms with E-state index in [2.05, 4.69) is 48.7 Å². The Morgan fingerprint density at radius 2 is 1.80 bits per heavy atom. The lowest BCUT2D eigenvalue weighted by molar-refractivity contribution is 1.24. The highest BCUT2D eigenvalue weighted by Crippen LogP contribution is 2.31. The van der Waals surface area contributed by atoms with Gasteiger partial charge in [-0.25, -0.2) is 0 Å². The highest BCUT2D eigenvalue weighted by atomic mass is 32.2. The second-order valence-electron chi connectivity index (χ2n) is 4.30. The molecule has 0 heterocycles. The molecule has 0 radical (unpaired) electrons. The number of hydrogen-bond donors (Lipinski definition) is 1. The van der Waals surface area contributed by atoms with Crippen LogP contribution in [-0.2, 0) is 0 Å². The monoisotopic (exact) mass is 319 g/mol. The summed E-state index contributed by atoms with van der Waals surface area (Å²) in [6.07, 6.45) is 4.07. The Bertz CT molecular complexity index is 596. The van der Waals surface area contributed by atoms with Crippen molar-refractivity contribution in [1.82, 2.24) is 0 Å². The number of nitrogens with two attached hydrogens (primary N) is 1. The fourth-order valence-electron chi connectivity index (χ4n) is 1.98. The molecule has 2 aromatic rings. The summed E-state index contributed by atoms with van der Waals surface area (Å²) < 4.78 is 0. The molecule has 0 saturated carbocycles. The molecule has 0 aliphatic rings. The van der Waals surface area contributed by atoms with E-state index in [4.69, 9.17) is 18.0 Å². The Morgan fingerprint density at radius 1 is 1.10 bits per heavy atom. The molecule has 4 heteroatoms. The van der Waals surface area contributed by atoms with Crippen LogP contribution >= 0.6 is 35.7 Å². The van der Waals surface area contributed by atoms with E-state index in [1.807, 2.05) is 12.3 Å². The van der Waals surface area contributed by atoms with Crippen molar-refractivity contribution in [3.8, 4) is 11.1 Å². The van der Waals surface area contributed by atoms with Crippen LogP contribution in [-0.4, -0.2) is 22.7 Å². The van der Waals surface area contributed by atoms with Crippen molar-refractivity contribution in [3.05, 3.63) is 54.1 Å². The molecule has 0 bridgehead atoms.